The van der Waals surface area contributed by atoms with E-state index in [-0.39, 0.29) is 0 Å². The van der Waals surface area contributed by atoms with Crippen molar-refractivity contribution in [2.75, 3.05) is 6.54 Å². The minimum absolute atomic E-state index is 0.391. The van der Waals surface area contributed by atoms with E-state index < -0.39 is 15.6 Å². The summed E-state index contributed by atoms with van der Waals surface area (Å²) in [5.41, 5.74) is 0.608. The average Bonchev–Trinajstić information content (AvgIpc) is 2.78. The molecule has 0 aliphatic heterocycles. The van der Waals surface area contributed by atoms with Crippen molar-refractivity contribution in [3.63, 3.8) is 0 Å². The molecule has 1 heterocycles. The highest BCUT2D eigenvalue weighted by molar-refractivity contribution is 7.91. The topological polar surface area (TPSA) is 58.2 Å². The van der Waals surface area contributed by atoms with E-state index in [1.54, 1.807) is 6.07 Å². The van der Waals surface area contributed by atoms with Gasteiger partial charge in [0.15, 0.2) is 0 Å². The lowest BCUT2D eigenvalue weighted by Gasteiger charge is -2.23. The predicted octanol–water partition coefficient (Wildman–Crippen LogP) is 2.71. The molecular formula is C13H24N2O2S2. The number of sulfonamides is 1. The quantitative estimate of drug-likeness (QED) is 0.726. The first kappa shape index (κ1) is 16.6. The standard InChI is InChI=1S/C13H24N2O2S2/c1-5-7-14-9-11-8-12(18-10-11)19(16,17)15-13(3,4)6-2/h8,10,14-15H,5-7,9H2,1-4H3. The van der Waals surface area contributed by atoms with Crippen molar-refractivity contribution in [1.82, 2.24) is 10.0 Å². The fourth-order valence-electron chi connectivity index (χ4n) is 1.48. The molecule has 110 valence electrons. The van der Waals surface area contributed by atoms with Crippen LogP contribution < -0.4 is 10.0 Å². The molecule has 1 aromatic heterocycles. The molecule has 0 spiro atoms. The first-order chi connectivity index (χ1) is 8.80. The van der Waals surface area contributed by atoms with Crippen LogP contribution in [0.2, 0.25) is 0 Å². The second-order valence-corrected chi connectivity index (χ2v) is 8.11. The molecule has 6 heteroatoms. The number of hydrogen-bond acceptors (Lipinski definition) is 4. The molecule has 0 aromatic carbocycles. The summed E-state index contributed by atoms with van der Waals surface area (Å²) in [6.07, 6.45) is 1.82. The highest BCUT2D eigenvalue weighted by Gasteiger charge is 2.25. The molecule has 19 heavy (non-hydrogen) atoms. The van der Waals surface area contributed by atoms with Crippen LogP contribution in [-0.2, 0) is 16.6 Å². The third kappa shape index (κ3) is 5.22. The normalized spacial score (nSPS) is 12.8. The van der Waals surface area contributed by atoms with Crippen LogP contribution in [0, 0.1) is 0 Å². The van der Waals surface area contributed by atoms with Gasteiger partial charge in [0, 0.05) is 12.1 Å². The van der Waals surface area contributed by atoms with Gasteiger partial charge < -0.3 is 5.32 Å². The highest BCUT2D eigenvalue weighted by atomic mass is 32.2. The number of nitrogens with one attached hydrogen (secondary N) is 2. The van der Waals surface area contributed by atoms with E-state index in [1.807, 2.05) is 26.2 Å². The monoisotopic (exact) mass is 304 g/mol. The summed E-state index contributed by atoms with van der Waals surface area (Å²) < 4.78 is 27.6. The van der Waals surface area contributed by atoms with E-state index >= 15 is 0 Å². The van der Waals surface area contributed by atoms with Crippen LogP contribution in [0.5, 0.6) is 0 Å². The van der Waals surface area contributed by atoms with Gasteiger partial charge in [-0.1, -0.05) is 13.8 Å². The van der Waals surface area contributed by atoms with Crippen LogP contribution in [-0.4, -0.2) is 20.5 Å². The minimum Gasteiger partial charge on any atom is -0.313 e. The lowest BCUT2D eigenvalue weighted by molar-refractivity contribution is 0.440. The lowest BCUT2D eigenvalue weighted by Crippen LogP contribution is -2.42. The molecule has 0 amide bonds. The molecule has 0 radical (unpaired) electrons. The van der Waals surface area contributed by atoms with Gasteiger partial charge in [0.05, 0.1) is 0 Å². The summed E-state index contributed by atoms with van der Waals surface area (Å²) in [7, 11) is -3.40. The zero-order valence-corrected chi connectivity index (χ0v) is 13.7. The highest BCUT2D eigenvalue weighted by Crippen LogP contribution is 2.22. The van der Waals surface area contributed by atoms with Crippen molar-refractivity contribution in [2.24, 2.45) is 0 Å². The third-order valence-electron chi connectivity index (χ3n) is 2.95. The largest absolute Gasteiger partial charge is 0.313 e. The Bertz CT molecular complexity index is 492. The summed E-state index contributed by atoms with van der Waals surface area (Å²) in [5, 5.41) is 5.17. The number of thiophene rings is 1. The van der Waals surface area contributed by atoms with Crippen molar-refractivity contribution in [3.05, 3.63) is 17.0 Å². The van der Waals surface area contributed by atoms with Crippen LogP contribution >= 0.6 is 11.3 Å². The molecule has 1 rings (SSSR count). The van der Waals surface area contributed by atoms with Gasteiger partial charge in [-0.15, -0.1) is 11.3 Å². The van der Waals surface area contributed by atoms with Gasteiger partial charge in [-0.05, 0) is 50.2 Å². The van der Waals surface area contributed by atoms with Gasteiger partial charge in [0.1, 0.15) is 4.21 Å². The zero-order chi connectivity index (χ0) is 14.5. The van der Waals surface area contributed by atoms with Gasteiger partial charge in [0.25, 0.3) is 10.0 Å². The average molecular weight is 304 g/mol. The predicted molar refractivity (Wildman–Crippen MR) is 81.0 cm³/mol. The molecular weight excluding hydrogens is 280 g/mol. The molecule has 0 fully saturated rings. The molecule has 0 atom stereocenters. The van der Waals surface area contributed by atoms with E-state index in [0.717, 1.165) is 31.5 Å². The molecule has 0 unspecified atom stereocenters. The van der Waals surface area contributed by atoms with E-state index in [1.165, 1.54) is 11.3 Å². The van der Waals surface area contributed by atoms with Gasteiger partial charge in [-0.3, -0.25) is 0 Å². The van der Waals surface area contributed by atoms with Crippen LogP contribution in [0.3, 0.4) is 0 Å². The lowest BCUT2D eigenvalue weighted by atomic mass is 10.0. The number of hydrogen-bond donors (Lipinski definition) is 2. The van der Waals surface area contributed by atoms with Crippen molar-refractivity contribution in [3.8, 4) is 0 Å². The Labute approximate surface area is 120 Å². The van der Waals surface area contributed by atoms with Crippen molar-refractivity contribution >= 4 is 21.4 Å². The van der Waals surface area contributed by atoms with Crippen LogP contribution in [0.4, 0.5) is 0 Å². The molecule has 1 aromatic rings. The van der Waals surface area contributed by atoms with Crippen molar-refractivity contribution < 1.29 is 8.42 Å². The molecule has 4 nitrogen and oxygen atoms in total. The third-order valence-corrected chi connectivity index (χ3v) is 6.13. The van der Waals surface area contributed by atoms with Gasteiger partial charge in [-0.2, -0.15) is 0 Å². The van der Waals surface area contributed by atoms with Gasteiger partial charge in [0.2, 0.25) is 0 Å². The summed E-state index contributed by atoms with van der Waals surface area (Å²) in [5.74, 6) is 0. The Hall–Kier alpha value is -0.430. The van der Waals surface area contributed by atoms with Crippen LogP contribution in [0.25, 0.3) is 0 Å². The first-order valence-corrected chi connectivity index (χ1v) is 8.99. The second kappa shape index (κ2) is 6.83. The molecule has 0 aliphatic carbocycles. The van der Waals surface area contributed by atoms with Gasteiger partial charge in [-0.25, -0.2) is 13.1 Å². The maximum atomic E-state index is 12.2. The summed E-state index contributed by atoms with van der Waals surface area (Å²) in [6.45, 7) is 9.52. The fraction of sp³-hybridized carbons (Fsp3) is 0.692. The Morgan fingerprint density at radius 3 is 2.58 bits per heavy atom. The Kier molecular flexibility index (Phi) is 5.98. The van der Waals surface area contributed by atoms with Crippen molar-refractivity contribution in [1.29, 1.82) is 0 Å². The molecule has 0 saturated heterocycles. The Balaban J connectivity index is 2.74. The van der Waals surface area contributed by atoms with Crippen LogP contribution in [0.1, 0.15) is 46.1 Å². The van der Waals surface area contributed by atoms with Crippen LogP contribution in [0.15, 0.2) is 15.7 Å². The fourth-order valence-corrected chi connectivity index (χ4v) is 4.18. The molecule has 2 N–H and O–H groups in total. The van der Waals surface area contributed by atoms with Crippen molar-refractivity contribution in [2.45, 2.75) is 56.8 Å². The van der Waals surface area contributed by atoms with E-state index in [9.17, 15) is 8.42 Å². The summed E-state index contributed by atoms with van der Waals surface area (Å²) in [4.78, 5) is 0. The summed E-state index contributed by atoms with van der Waals surface area (Å²) >= 11 is 1.28. The molecule has 0 saturated carbocycles. The van der Waals surface area contributed by atoms with E-state index in [2.05, 4.69) is 17.0 Å². The zero-order valence-electron chi connectivity index (χ0n) is 12.1. The summed E-state index contributed by atoms with van der Waals surface area (Å²) in [6, 6.07) is 1.75. The maximum absolute atomic E-state index is 12.2. The van der Waals surface area contributed by atoms with E-state index in [4.69, 9.17) is 0 Å². The first-order valence-electron chi connectivity index (χ1n) is 6.63. The van der Waals surface area contributed by atoms with Gasteiger partial charge >= 0.3 is 0 Å². The Morgan fingerprint density at radius 1 is 1.32 bits per heavy atom. The number of rotatable bonds is 8. The molecule has 0 bridgehead atoms. The minimum atomic E-state index is -3.40. The Morgan fingerprint density at radius 2 is 2.00 bits per heavy atom. The smallest absolute Gasteiger partial charge is 0.250 e. The SMILES string of the molecule is CCCNCc1csc(S(=O)(=O)NC(C)(C)CC)c1. The molecule has 0 aliphatic rings. The maximum Gasteiger partial charge on any atom is 0.250 e. The van der Waals surface area contributed by atoms with E-state index in [0.29, 0.717) is 4.21 Å². The second-order valence-electron chi connectivity index (χ2n) is 5.29.